The summed E-state index contributed by atoms with van der Waals surface area (Å²) < 4.78 is 11.3. The predicted octanol–water partition coefficient (Wildman–Crippen LogP) is 4.07. The summed E-state index contributed by atoms with van der Waals surface area (Å²) in [6.07, 6.45) is 4.10. The number of nitrogens with one attached hydrogen (secondary N) is 2. The minimum atomic E-state index is -0.545. The molecule has 0 bridgehead atoms. The van der Waals surface area contributed by atoms with Gasteiger partial charge in [-0.1, -0.05) is 6.07 Å². The van der Waals surface area contributed by atoms with Crippen LogP contribution in [0.1, 0.15) is 36.6 Å². The molecule has 3 rings (SSSR count). The molecule has 0 saturated carbocycles. The van der Waals surface area contributed by atoms with Crippen LogP contribution in [0, 0.1) is 6.92 Å². The van der Waals surface area contributed by atoms with E-state index in [0.29, 0.717) is 18.0 Å². The summed E-state index contributed by atoms with van der Waals surface area (Å²) in [6.45, 7) is 7.22. The molecule has 7 heteroatoms. The molecule has 0 spiro atoms. The highest BCUT2D eigenvalue weighted by Crippen LogP contribution is 2.25. The molecule has 1 saturated heterocycles. The highest BCUT2D eigenvalue weighted by molar-refractivity contribution is 7.11. The van der Waals surface area contributed by atoms with E-state index in [4.69, 9.17) is 9.47 Å². The number of nitrogens with zero attached hydrogens (tertiary/aromatic N) is 1. The van der Waals surface area contributed by atoms with Crippen LogP contribution >= 0.6 is 11.3 Å². The lowest BCUT2D eigenvalue weighted by Crippen LogP contribution is -2.43. The fourth-order valence-corrected chi connectivity index (χ4v) is 3.59. The molecule has 1 aliphatic rings. The van der Waals surface area contributed by atoms with Crippen molar-refractivity contribution in [2.45, 2.75) is 45.3 Å². The number of benzene rings is 1. The fourth-order valence-electron chi connectivity index (χ4n) is 2.77. The van der Waals surface area contributed by atoms with Crippen LogP contribution in [0.2, 0.25) is 0 Å². The number of hydrogen-bond acceptors (Lipinski definition) is 5. The van der Waals surface area contributed by atoms with Gasteiger partial charge in [-0.25, -0.2) is 9.78 Å². The quantitative estimate of drug-likeness (QED) is 0.798. The number of rotatable bonds is 6. The van der Waals surface area contributed by atoms with E-state index in [1.165, 1.54) is 0 Å². The number of anilines is 1. The number of thiazole rings is 1. The van der Waals surface area contributed by atoms with Gasteiger partial charge in [0.15, 0.2) is 0 Å². The first-order valence-electron chi connectivity index (χ1n) is 8.79. The van der Waals surface area contributed by atoms with Crippen molar-refractivity contribution in [3.63, 3.8) is 0 Å². The molecule has 1 aromatic carbocycles. The normalized spacial score (nSPS) is 17.1. The molecule has 1 aliphatic heterocycles. The van der Waals surface area contributed by atoms with E-state index in [2.05, 4.69) is 15.6 Å². The predicted molar refractivity (Wildman–Crippen MR) is 103 cm³/mol. The molecule has 2 heterocycles. The molecule has 140 valence electrons. The molecule has 0 radical (unpaired) electrons. The van der Waals surface area contributed by atoms with Crippen LogP contribution in [0.5, 0.6) is 5.75 Å². The number of aromatic nitrogens is 1. The third-order valence-corrected chi connectivity index (χ3v) is 5.37. The molecule has 2 N–H and O–H groups in total. The number of aryl methyl sites for hydroxylation is 1. The second-order valence-corrected chi connectivity index (χ2v) is 8.19. The van der Waals surface area contributed by atoms with E-state index in [-0.39, 0.29) is 12.1 Å². The van der Waals surface area contributed by atoms with E-state index in [9.17, 15) is 4.79 Å². The molecule has 1 atom stereocenters. The van der Waals surface area contributed by atoms with Crippen LogP contribution in [-0.4, -0.2) is 30.3 Å². The Kier molecular flexibility index (Phi) is 5.78. The summed E-state index contributed by atoms with van der Waals surface area (Å²) in [5.41, 5.74) is 0.134. The van der Waals surface area contributed by atoms with E-state index >= 15 is 0 Å². The summed E-state index contributed by atoms with van der Waals surface area (Å²) in [7, 11) is 0. The van der Waals surface area contributed by atoms with Crippen molar-refractivity contribution >= 4 is 23.1 Å². The van der Waals surface area contributed by atoms with Crippen molar-refractivity contribution in [3.05, 3.63) is 40.3 Å². The maximum Gasteiger partial charge on any atom is 0.319 e. The third-order valence-electron chi connectivity index (χ3n) is 4.13. The number of carbonyl (C=O) groups excluding carboxylic acids is 1. The van der Waals surface area contributed by atoms with Gasteiger partial charge in [0, 0.05) is 29.4 Å². The van der Waals surface area contributed by atoms with E-state index in [0.717, 1.165) is 29.3 Å². The highest BCUT2D eigenvalue weighted by Gasteiger charge is 2.26. The molecule has 6 nitrogen and oxygen atoms in total. The Morgan fingerprint density at radius 3 is 3.00 bits per heavy atom. The Morgan fingerprint density at radius 2 is 2.31 bits per heavy atom. The van der Waals surface area contributed by atoms with Gasteiger partial charge >= 0.3 is 6.03 Å². The van der Waals surface area contributed by atoms with Crippen molar-refractivity contribution in [1.29, 1.82) is 0 Å². The Balaban J connectivity index is 1.55. The number of carbonyl (C=O) groups is 1. The van der Waals surface area contributed by atoms with Crippen LogP contribution in [0.15, 0.2) is 30.5 Å². The van der Waals surface area contributed by atoms with Gasteiger partial charge in [-0.2, -0.15) is 0 Å². The maximum atomic E-state index is 12.4. The number of amides is 2. The zero-order chi connectivity index (χ0) is 18.6. The van der Waals surface area contributed by atoms with Crippen LogP contribution in [-0.2, 0) is 10.3 Å². The molecule has 1 aromatic heterocycles. The smallest absolute Gasteiger partial charge is 0.319 e. The average molecular weight is 375 g/mol. The van der Waals surface area contributed by atoms with Crippen molar-refractivity contribution in [2.75, 3.05) is 18.5 Å². The summed E-state index contributed by atoms with van der Waals surface area (Å²) in [4.78, 5) is 17.9. The second-order valence-electron chi connectivity index (χ2n) is 6.95. The molecular formula is C19H25N3O3S. The van der Waals surface area contributed by atoms with Gasteiger partial charge < -0.3 is 20.1 Å². The fraction of sp³-hybridized carbons (Fsp3) is 0.474. The molecule has 2 amide bonds. The molecule has 1 unspecified atom stereocenters. The first-order chi connectivity index (χ1) is 12.4. The molecule has 1 fully saturated rings. The number of urea groups is 1. The van der Waals surface area contributed by atoms with Gasteiger partial charge in [-0.3, -0.25) is 0 Å². The van der Waals surface area contributed by atoms with Gasteiger partial charge in [0.2, 0.25) is 0 Å². The first kappa shape index (κ1) is 18.7. The standard InChI is InChI=1S/C19H25N3O3S/c1-13-11-20-17(26-13)19(2,3)22-18(23)21-14-6-4-7-15(10-14)25-12-16-8-5-9-24-16/h4,6-7,10-11,16H,5,8-9,12H2,1-3H3,(H2,21,22,23). The van der Waals surface area contributed by atoms with Crippen LogP contribution in [0.25, 0.3) is 0 Å². The molecule has 0 aliphatic carbocycles. The minimum Gasteiger partial charge on any atom is -0.491 e. The van der Waals surface area contributed by atoms with Gasteiger partial charge in [0.1, 0.15) is 17.4 Å². The van der Waals surface area contributed by atoms with Crippen LogP contribution in [0.3, 0.4) is 0 Å². The Labute approximate surface area is 157 Å². The monoisotopic (exact) mass is 375 g/mol. The zero-order valence-corrected chi connectivity index (χ0v) is 16.2. The van der Waals surface area contributed by atoms with Gasteiger partial charge in [-0.05, 0) is 45.7 Å². The molecule has 26 heavy (non-hydrogen) atoms. The van der Waals surface area contributed by atoms with Crippen LogP contribution < -0.4 is 15.4 Å². The van der Waals surface area contributed by atoms with E-state index in [1.54, 1.807) is 11.3 Å². The minimum absolute atomic E-state index is 0.164. The lowest BCUT2D eigenvalue weighted by Gasteiger charge is -2.24. The first-order valence-corrected chi connectivity index (χ1v) is 9.60. The lowest BCUT2D eigenvalue weighted by molar-refractivity contribution is 0.0680. The summed E-state index contributed by atoms with van der Waals surface area (Å²) in [5.74, 6) is 0.716. The maximum absolute atomic E-state index is 12.4. The van der Waals surface area contributed by atoms with Gasteiger partial charge in [0.05, 0.1) is 11.6 Å². The molecule has 2 aromatic rings. The Morgan fingerprint density at radius 1 is 1.46 bits per heavy atom. The topological polar surface area (TPSA) is 72.5 Å². The van der Waals surface area contributed by atoms with Crippen LogP contribution in [0.4, 0.5) is 10.5 Å². The summed E-state index contributed by atoms with van der Waals surface area (Å²) in [5, 5.41) is 6.70. The van der Waals surface area contributed by atoms with Crippen molar-refractivity contribution < 1.29 is 14.3 Å². The summed E-state index contributed by atoms with van der Waals surface area (Å²) >= 11 is 1.58. The van der Waals surface area contributed by atoms with Crippen molar-refractivity contribution in [3.8, 4) is 5.75 Å². The van der Waals surface area contributed by atoms with Crippen molar-refractivity contribution in [1.82, 2.24) is 10.3 Å². The number of hydrogen-bond donors (Lipinski definition) is 2. The average Bonchev–Trinajstić information content (AvgIpc) is 3.24. The highest BCUT2D eigenvalue weighted by atomic mass is 32.1. The van der Waals surface area contributed by atoms with Gasteiger partial charge in [0.25, 0.3) is 0 Å². The largest absolute Gasteiger partial charge is 0.491 e. The Bertz CT molecular complexity index is 754. The van der Waals surface area contributed by atoms with Crippen molar-refractivity contribution in [2.24, 2.45) is 0 Å². The summed E-state index contributed by atoms with van der Waals surface area (Å²) in [6, 6.07) is 7.10. The van der Waals surface area contributed by atoms with E-state index in [1.807, 2.05) is 51.2 Å². The van der Waals surface area contributed by atoms with E-state index < -0.39 is 5.54 Å². The molecular weight excluding hydrogens is 350 g/mol. The Hall–Kier alpha value is -2.12. The third kappa shape index (κ3) is 4.95. The zero-order valence-electron chi connectivity index (χ0n) is 15.4. The number of ether oxygens (including phenoxy) is 2. The van der Waals surface area contributed by atoms with Gasteiger partial charge in [-0.15, -0.1) is 11.3 Å². The second kappa shape index (κ2) is 8.05. The lowest BCUT2D eigenvalue weighted by atomic mass is 10.1. The SMILES string of the molecule is Cc1cnc(C(C)(C)NC(=O)Nc2cccc(OCC3CCCO3)c2)s1.